The fourth-order valence-electron chi connectivity index (χ4n) is 3.34. The highest BCUT2D eigenvalue weighted by Gasteiger charge is 2.43. The molecule has 2 atom stereocenters. The number of phenolic OH excluding ortho intramolecular Hbond substituents is 1. The number of carbonyl (C=O) groups excluding carboxylic acids is 2. The number of rotatable bonds is 2. The molecular weight excluding hydrogens is 312 g/mol. The minimum atomic E-state index is -0.430. The summed E-state index contributed by atoms with van der Waals surface area (Å²) < 4.78 is 0. The van der Waals surface area contributed by atoms with Gasteiger partial charge in [-0.15, -0.1) is 11.8 Å². The van der Waals surface area contributed by atoms with E-state index in [1.54, 1.807) is 28.8 Å². The van der Waals surface area contributed by atoms with Crippen LogP contribution in [0.25, 0.3) is 0 Å². The minimum absolute atomic E-state index is 0.0466. The second-order valence-corrected chi connectivity index (χ2v) is 7.19. The van der Waals surface area contributed by atoms with Crippen molar-refractivity contribution in [2.24, 2.45) is 0 Å². The third-order valence-corrected chi connectivity index (χ3v) is 5.82. The number of aromatic hydroxyl groups is 1. The fraction of sp³-hybridized carbons (Fsp3) is 0.529. The Morgan fingerprint density at radius 3 is 2.52 bits per heavy atom. The first-order valence-corrected chi connectivity index (χ1v) is 9.11. The summed E-state index contributed by atoms with van der Waals surface area (Å²) in [6.45, 7) is 3.06. The molecule has 23 heavy (non-hydrogen) atoms. The maximum atomic E-state index is 12.8. The van der Waals surface area contributed by atoms with Crippen LogP contribution in [0.1, 0.15) is 37.1 Å². The summed E-state index contributed by atoms with van der Waals surface area (Å²) >= 11 is 1.54. The Balaban J connectivity index is 1.84. The third kappa shape index (κ3) is 3.17. The molecule has 3 rings (SSSR count). The molecule has 5 nitrogen and oxygen atoms in total. The van der Waals surface area contributed by atoms with Crippen LogP contribution in [0.2, 0.25) is 0 Å². The molecule has 0 unspecified atom stereocenters. The van der Waals surface area contributed by atoms with E-state index in [0.717, 1.165) is 25.9 Å². The summed E-state index contributed by atoms with van der Waals surface area (Å²) in [5.41, 5.74) is 0.696. The summed E-state index contributed by atoms with van der Waals surface area (Å²) in [4.78, 5) is 28.6. The largest absolute Gasteiger partial charge is 0.508 e. The highest BCUT2D eigenvalue weighted by Crippen LogP contribution is 2.44. The number of benzene rings is 1. The zero-order chi connectivity index (χ0) is 16.4. The molecule has 0 radical (unpaired) electrons. The molecule has 2 aliphatic heterocycles. The molecule has 0 bridgehead atoms. The summed E-state index contributed by atoms with van der Waals surface area (Å²) in [5, 5.41) is 9.80. The molecule has 2 saturated heterocycles. The number of amides is 2. The average molecular weight is 334 g/mol. The maximum absolute atomic E-state index is 12.8. The second-order valence-electron chi connectivity index (χ2n) is 6.07. The van der Waals surface area contributed by atoms with Crippen LogP contribution in [0.15, 0.2) is 24.3 Å². The number of piperidine rings is 1. The molecule has 6 heteroatoms. The zero-order valence-electron chi connectivity index (χ0n) is 13.3. The van der Waals surface area contributed by atoms with Gasteiger partial charge in [-0.2, -0.15) is 0 Å². The van der Waals surface area contributed by atoms with Gasteiger partial charge in [0.1, 0.15) is 17.2 Å². The lowest BCUT2D eigenvalue weighted by Crippen LogP contribution is -2.50. The zero-order valence-corrected chi connectivity index (χ0v) is 14.1. The molecule has 1 N–H and O–H groups in total. The lowest BCUT2D eigenvalue weighted by molar-refractivity contribution is -0.144. The van der Waals surface area contributed by atoms with Crippen LogP contribution in [0, 0.1) is 0 Å². The molecule has 2 aliphatic rings. The van der Waals surface area contributed by atoms with E-state index < -0.39 is 6.04 Å². The van der Waals surface area contributed by atoms with Crippen LogP contribution >= 0.6 is 11.8 Å². The van der Waals surface area contributed by atoms with Crippen LogP contribution in [-0.4, -0.2) is 51.6 Å². The number of carbonyl (C=O) groups is 2. The van der Waals surface area contributed by atoms with Crippen molar-refractivity contribution in [2.75, 3.05) is 18.8 Å². The lowest BCUT2D eigenvalue weighted by Gasteiger charge is -2.33. The molecule has 2 amide bonds. The number of nitrogens with zero attached hydrogens (tertiary/aromatic N) is 2. The number of hydrogen-bond donors (Lipinski definition) is 1. The lowest BCUT2D eigenvalue weighted by atomic mass is 10.1. The van der Waals surface area contributed by atoms with Gasteiger partial charge < -0.3 is 14.9 Å². The molecule has 124 valence electrons. The second kappa shape index (κ2) is 6.83. The number of thioether (sulfide) groups is 1. The summed E-state index contributed by atoms with van der Waals surface area (Å²) in [7, 11) is 0. The van der Waals surface area contributed by atoms with Gasteiger partial charge in [0.05, 0.1) is 0 Å². The first-order valence-electron chi connectivity index (χ1n) is 8.07. The van der Waals surface area contributed by atoms with E-state index in [1.165, 1.54) is 13.3 Å². The maximum Gasteiger partial charge on any atom is 0.246 e. The predicted molar refractivity (Wildman–Crippen MR) is 90.0 cm³/mol. The molecule has 0 spiro atoms. The van der Waals surface area contributed by atoms with E-state index in [-0.39, 0.29) is 22.9 Å². The SMILES string of the molecule is CC(=O)N1[C@@H](c2ccccc2O)SC[C@H]1C(=O)N1CCCCC1. The predicted octanol–water partition coefficient (Wildman–Crippen LogP) is 2.37. The number of likely N-dealkylation sites (tertiary alicyclic amines) is 1. The van der Waals surface area contributed by atoms with Gasteiger partial charge in [0.15, 0.2) is 0 Å². The highest BCUT2D eigenvalue weighted by atomic mass is 32.2. The van der Waals surface area contributed by atoms with Crippen LogP contribution in [0.4, 0.5) is 0 Å². The Bertz CT molecular complexity index is 601. The van der Waals surface area contributed by atoms with Crippen LogP contribution in [0.3, 0.4) is 0 Å². The van der Waals surface area contributed by atoms with Crippen molar-refractivity contribution >= 4 is 23.6 Å². The minimum Gasteiger partial charge on any atom is -0.508 e. The molecule has 2 fully saturated rings. The van der Waals surface area contributed by atoms with Gasteiger partial charge in [-0.1, -0.05) is 18.2 Å². The van der Waals surface area contributed by atoms with Crippen LogP contribution in [-0.2, 0) is 9.59 Å². The standard InChI is InChI=1S/C17H22N2O3S/c1-12(20)19-14(16(22)18-9-5-2-6-10-18)11-23-17(19)13-7-3-4-8-15(13)21/h3-4,7-8,14,17,21H,2,5-6,9-11H2,1H3/t14-,17+/m0/s1. The van der Waals surface area contributed by atoms with Crippen molar-refractivity contribution in [3.05, 3.63) is 29.8 Å². The van der Waals surface area contributed by atoms with E-state index in [4.69, 9.17) is 0 Å². The van der Waals surface area contributed by atoms with Crippen molar-refractivity contribution in [3.8, 4) is 5.75 Å². The molecular formula is C17H22N2O3S. The molecule has 1 aromatic rings. The van der Waals surface area contributed by atoms with Gasteiger partial charge in [0, 0.05) is 31.3 Å². The Hall–Kier alpha value is -1.69. The Morgan fingerprint density at radius 1 is 1.17 bits per heavy atom. The number of phenols is 1. The monoisotopic (exact) mass is 334 g/mol. The van der Waals surface area contributed by atoms with Gasteiger partial charge >= 0.3 is 0 Å². The van der Waals surface area contributed by atoms with E-state index in [0.29, 0.717) is 11.3 Å². The van der Waals surface area contributed by atoms with Crippen LogP contribution < -0.4 is 0 Å². The number of para-hydroxylation sites is 1. The Labute approximate surface area is 140 Å². The van der Waals surface area contributed by atoms with Crippen molar-refractivity contribution in [3.63, 3.8) is 0 Å². The first-order chi connectivity index (χ1) is 11.1. The van der Waals surface area contributed by atoms with Crippen molar-refractivity contribution in [2.45, 2.75) is 37.6 Å². The topological polar surface area (TPSA) is 60.9 Å². The quantitative estimate of drug-likeness (QED) is 0.902. The van der Waals surface area contributed by atoms with Crippen molar-refractivity contribution < 1.29 is 14.7 Å². The van der Waals surface area contributed by atoms with Crippen molar-refractivity contribution in [1.29, 1.82) is 0 Å². The van der Waals surface area contributed by atoms with Crippen LogP contribution in [0.5, 0.6) is 5.75 Å². The van der Waals surface area contributed by atoms with Crippen molar-refractivity contribution in [1.82, 2.24) is 9.80 Å². The number of hydrogen-bond acceptors (Lipinski definition) is 4. The summed E-state index contributed by atoms with van der Waals surface area (Å²) in [6, 6.07) is 6.60. The Kier molecular flexibility index (Phi) is 4.80. The van der Waals surface area contributed by atoms with Gasteiger partial charge in [-0.25, -0.2) is 0 Å². The molecule has 1 aromatic carbocycles. The first kappa shape index (κ1) is 16.2. The average Bonchev–Trinajstić information content (AvgIpc) is 3.00. The Morgan fingerprint density at radius 2 is 1.87 bits per heavy atom. The van der Waals surface area contributed by atoms with Gasteiger partial charge in [0.2, 0.25) is 11.8 Å². The smallest absolute Gasteiger partial charge is 0.246 e. The van der Waals surface area contributed by atoms with E-state index in [1.807, 2.05) is 17.0 Å². The summed E-state index contributed by atoms with van der Waals surface area (Å²) in [6.07, 6.45) is 3.24. The van der Waals surface area contributed by atoms with E-state index in [9.17, 15) is 14.7 Å². The fourth-order valence-corrected chi connectivity index (χ4v) is 4.84. The highest BCUT2D eigenvalue weighted by molar-refractivity contribution is 7.99. The van der Waals surface area contributed by atoms with E-state index in [2.05, 4.69) is 0 Å². The van der Waals surface area contributed by atoms with Gasteiger partial charge in [-0.05, 0) is 25.3 Å². The van der Waals surface area contributed by atoms with E-state index >= 15 is 0 Å². The molecule has 0 aliphatic carbocycles. The van der Waals surface area contributed by atoms with Gasteiger partial charge in [-0.3, -0.25) is 9.59 Å². The normalized spacial score (nSPS) is 24.7. The van der Waals surface area contributed by atoms with Gasteiger partial charge in [0.25, 0.3) is 0 Å². The molecule has 0 aromatic heterocycles. The summed E-state index contributed by atoms with van der Waals surface area (Å²) in [5.74, 6) is 0.666. The molecule has 2 heterocycles. The molecule has 0 saturated carbocycles. The third-order valence-electron chi connectivity index (χ3n) is 4.52.